The molecule has 1 aromatic rings. The number of carbonyl (C=O) groups excluding carboxylic acids is 1. The Kier molecular flexibility index (Phi) is 6.61. The predicted molar refractivity (Wildman–Crippen MR) is 81.8 cm³/mol. The van der Waals surface area contributed by atoms with Crippen LogP contribution in [0.2, 0.25) is 0 Å². The standard InChI is InChI=1S/C14H27N5O2/c1-10(2)8-15-9-12-18-19-13(21-12)16-7-6-11(20)17-14(3,4)5/h10,15H,6-9H2,1-5H3,(H,16,19)(H,17,20). The largest absolute Gasteiger partial charge is 0.407 e. The van der Waals surface area contributed by atoms with E-state index in [0.29, 0.717) is 37.3 Å². The minimum Gasteiger partial charge on any atom is -0.407 e. The van der Waals surface area contributed by atoms with Gasteiger partial charge in [0.25, 0.3) is 0 Å². The molecule has 0 fully saturated rings. The van der Waals surface area contributed by atoms with Gasteiger partial charge in [0, 0.05) is 18.5 Å². The molecule has 0 aliphatic rings. The molecule has 0 radical (unpaired) electrons. The first-order chi connectivity index (χ1) is 9.76. The molecular formula is C14H27N5O2. The fourth-order valence-electron chi connectivity index (χ4n) is 1.63. The molecule has 0 saturated heterocycles. The molecule has 1 aromatic heterocycles. The van der Waals surface area contributed by atoms with Gasteiger partial charge in [0.1, 0.15) is 0 Å². The van der Waals surface area contributed by atoms with Gasteiger partial charge in [-0.15, -0.1) is 5.10 Å². The van der Waals surface area contributed by atoms with Crippen molar-refractivity contribution >= 4 is 11.9 Å². The maximum absolute atomic E-state index is 11.6. The van der Waals surface area contributed by atoms with Crippen LogP contribution in [0, 0.1) is 5.92 Å². The van der Waals surface area contributed by atoms with E-state index in [4.69, 9.17) is 4.42 Å². The molecule has 0 saturated carbocycles. The van der Waals surface area contributed by atoms with Crippen LogP contribution >= 0.6 is 0 Å². The molecule has 7 nitrogen and oxygen atoms in total. The van der Waals surface area contributed by atoms with Crippen LogP contribution in [0.4, 0.5) is 6.01 Å². The van der Waals surface area contributed by atoms with Crippen molar-refractivity contribution in [2.45, 2.75) is 53.1 Å². The third-order valence-electron chi connectivity index (χ3n) is 2.44. The van der Waals surface area contributed by atoms with Gasteiger partial charge in [0.05, 0.1) is 6.54 Å². The molecule has 0 atom stereocenters. The third-order valence-corrected chi connectivity index (χ3v) is 2.44. The highest BCUT2D eigenvalue weighted by Gasteiger charge is 2.13. The molecule has 0 unspecified atom stereocenters. The van der Waals surface area contributed by atoms with Crippen LogP contribution in [0.25, 0.3) is 0 Å². The normalized spacial score (nSPS) is 11.7. The second-order valence-corrected chi connectivity index (χ2v) is 6.50. The topological polar surface area (TPSA) is 92.1 Å². The third kappa shape index (κ3) is 8.29. The fourth-order valence-corrected chi connectivity index (χ4v) is 1.63. The van der Waals surface area contributed by atoms with Crippen LogP contribution in [-0.2, 0) is 11.3 Å². The Hall–Kier alpha value is -1.63. The number of rotatable bonds is 8. The summed E-state index contributed by atoms with van der Waals surface area (Å²) in [5, 5.41) is 16.9. The van der Waals surface area contributed by atoms with E-state index < -0.39 is 0 Å². The van der Waals surface area contributed by atoms with Gasteiger partial charge in [-0.25, -0.2) is 0 Å². The SMILES string of the molecule is CC(C)CNCc1nnc(NCCC(=O)NC(C)(C)C)o1. The lowest BCUT2D eigenvalue weighted by atomic mass is 10.1. The second kappa shape index (κ2) is 7.97. The maximum Gasteiger partial charge on any atom is 0.315 e. The summed E-state index contributed by atoms with van der Waals surface area (Å²) in [6.45, 7) is 12.0. The highest BCUT2D eigenvalue weighted by atomic mass is 16.4. The van der Waals surface area contributed by atoms with Crippen molar-refractivity contribution in [1.82, 2.24) is 20.8 Å². The minimum absolute atomic E-state index is 0.00617. The van der Waals surface area contributed by atoms with E-state index in [1.54, 1.807) is 0 Å². The van der Waals surface area contributed by atoms with Crippen LogP contribution in [0.5, 0.6) is 0 Å². The average molecular weight is 297 g/mol. The summed E-state index contributed by atoms with van der Waals surface area (Å²) in [7, 11) is 0. The molecular weight excluding hydrogens is 270 g/mol. The number of hydrogen-bond acceptors (Lipinski definition) is 6. The smallest absolute Gasteiger partial charge is 0.315 e. The number of anilines is 1. The highest BCUT2D eigenvalue weighted by Crippen LogP contribution is 2.05. The van der Waals surface area contributed by atoms with Crippen LogP contribution in [0.15, 0.2) is 4.42 Å². The van der Waals surface area contributed by atoms with Crippen molar-refractivity contribution in [3.05, 3.63) is 5.89 Å². The average Bonchev–Trinajstić information content (AvgIpc) is 2.74. The molecule has 1 rings (SSSR count). The van der Waals surface area contributed by atoms with Crippen molar-refractivity contribution in [2.75, 3.05) is 18.4 Å². The molecule has 120 valence electrons. The number of amides is 1. The zero-order valence-electron chi connectivity index (χ0n) is 13.6. The second-order valence-electron chi connectivity index (χ2n) is 6.50. The predicted octanol–water partition coefficient (Wildman–Crippen LogP) is 1.53. The highest BCUT2D eigenvalue weighted by molar-refractivity contribution is 5.77. The van der Waals surface area contributed by atoms with E-state index >= 15 is 0 Å². The quantitative estimate of drug-likeness (QED) is 0.674. The zero-order valence-corrected chi connectivity index (χ0v) is 13.6. The lowest BCUT2D eigenvalue weighted by Gasteiger charge is -2.20. The Bertz CT molecular complexity index is 437. The number of nitrogens with zero attached hydrogens (tertiary/aromatic N) is 2. The van der Waals surface area contributed by atoms with Gasteiger partial charge in [0.15, 0.2) is 0 Å². The van der Waals surface area contributed by atoms with Crippen LogP contribution in [0.3, 0.4) is 0 Å². The first-order valence-electron chi connectivity index (χ1n) is 7.34. The van der Waals surface area contributed by atoms with E-state index in [1.165, 1.54) is 0 Å². The fraction of sp³-hybridized carbons (Fsp3) is 0.786. The minimum atomic E-state index is -0.211. The van der Waals surface area contributed by atoms with Crippen molar-refractivity contribution in [1.29, 1.82) is 0 Å². The summed E-state index contributed by atoms with van der Waals surface area (Å²) in [6.07, 6.45) is 0.362. The van der Waals surface area contributed by atoms with Gasteiger partial charge >= 0.3 is 6.01 Å². The molecule has 7 heteroatoms. The van der Waals surface area contributed by atoms with Crippen LogP contribution < -0.4 is 16.0 Å². The van der Waals surface area contributed by atoms with Gasteiger partial charge in [-0.2, -0.15) is 0 Å². The van der Waals surface area contributed by atoms with Crippen molar-refractivity contribution in [3.8, 4) is 0 Å². The molecule has 21 heavy (non-hydrogen) atoms. The van der Waals surface area contributed by atoms with Gasteiger partial charge < -0.3 is 20.4 Å². The van der Waals surface area contributed by atoms with E-state index in [1.807, 2.05) is 20.8 Å². The molecule has 0 bridgehead atoms. The summed E-state index contributed by atoms with van der Waals surface area (Å²) >= 11 is 0. The van der Waals surface area contributed by atoms with Gasteiger partial charge in [-0.1, -0.05) is 18.9 Å². The maximum atomic E-state index is 11.6. The monoisotopic (exact) mass is 297 g/mol. The van der Waals surface area contributed by atoms with Crippen molar-refractivity contribution < 1.29 is 9.21 Å². The van der Waals surface area contributed by atoms with E-state index in [2.05, 4.69) is 40.0 Å². The summed E-state index contributed by atoms with van der Waals surface area (Å²) in [6, 6.07) is 0.347. The Morgan fingerprint density at radius 2 is 2.00 bits per heavy atom. The van der Waals surface area contributed by atoms with Crippen molar-refractivity contribution in [2.24, 2.45) is 5.92 Å². The Morgan fingerprint density at radius 3 is 2.62 bits per heavy atom. The summed E-state index contributed by atoms with van der Waals surface area (Å²) in [5.41, 5.74) is -0.211. The van der Waals surface area contributed by atoms with Crippen LogP contribution in [-0.4, -0.2) is 34.7 Å². The first-order valence-corrected chi connectivity index (χ1v) is 7.34. The first kappa shape index (κ1) is 17.4. The van der Waals surface area contributed by atoms with E-state index in [-0.39, 0.29) is 11.4 Å². The molecule has 0 aliphatic carbocycles. The Morgan fingerprint density at radius 1 is 1.29 bits per heavy atom. The number of carbonyl (C=O) groups is 1. The Balaban J connectivity index is 2.24. The number of aromatic nitrogens is 2. The lowest BCUT2D eigenvalue weighted by Crippen LogP contribution is -2.41. The zero-order chi connectivity index (χ0) is 15.9. The summed E-state index contributed by atoms with van der Waals surface area (Å²) in [4.78, 5) is 11.6. The molecule has 0 aromatic carbocycles. The summed E-state index contributed by atoms with van der Waals surface area (Å²) < 4.78 is 5.42. The number of nitrogens with one attached hydrogen (secondary N) is 3. The molecule has 0 aliphatic heterocycles. The lowest BCUT2D eigenvalue weighted by molar-refractivity contribution is -0.122. The van der Waals surface area contributed by atoms with E-state index in [0.717, 1.165) is 6.54 Å². The molecule has 1 heterocycles. The summed E-state index contributed by atoms with van der Waals surface area (Å²) in [5.74, 6) is 1.11. The van der Waals surface area contributed by atoms with Gasteiger partial charge in [0.2, 0.25) is 11.8 Å². The van der Waals surface area contributed by atoms with Crippen LogP contribution in [0.1, 0.15) is 46.9 Å². The number of hydrogen-bond donors (Lipinski definition) is 3. The molecule has 0 spiro atoms. The molecule has 1 amide bonds. The Labute approximate surface area is 126 Å². The van der Waals surface area contributed by atoms with Gasteiger partial charge in [-0.05, 0) is 33.2 Å². The van der Waals surface area contributed by atoms with Gasteiger partial charge in [-0.3, -0.25) is 4.79 Å². The van der Waals surface area contributed by atoms with E-state index in [9.17, 15) is 4.79 Å². The van der Waals surface area contributed by atoms with Crippen molar-refractivity contribution in [3.63, 3.8) is 0 Å². The molecule has 3 N–H and O–H groups in total.